The number of hydrogen-bond acceptors (Lipinski definition) is 5. The molecule has 1 aliphatic heterocycles. The van der Waals surface area contributed by atoms with Gasteiger partial charge in [-0.05, 0) is 11.4 Å². The van der Waals surface area contributed by atoms with Crippen molar-refractivity contribution in [1.82, 2.24) is 0 Å². The Balaban J connectivity index is 2.39. The van der Waals surface area contributed by atoms with Gasteiger partial charge in [-0.25, -0.2) is 8.42 Å². The smallest absolute Gasteiger partial charge is 0.194 e. The Kier molecular flexibility index (Phi) is 2.61. The zero-order chi connectivity index (χ0) is 10.2. The number of sulfone groups is 1. The van der Waals surface area contributed by atoms with Gasteiger partial charge in [0.1, 0.15) is 0 Å². The molecule has 14 heavy (non-hydrogen) atoms. The number of rotatable bonds is 2. The van der Waals surface area contributed by atoms with Crippen LogP contribution in [0.15, 0.2) is 16.3 Å². The summed E-state index contributed by atoms with van der Waals surface area (Å²) >= 11 is 1.34. The van der Waals surface area contributed by atoms with E-state index in [1.54, 1.807) is 11.4 Å². The Morgan fingerprint density at radius 2 is 2.07 bits per heavy atom. The molecule has 0 aromatic carbocycles. The summed E-state index contributed by atoms with van der Waals surface area (Å²) in [6.07, 6.45) is 0.688. The fourth-order valence-corrected chi connectivity index (χ4v) is 3.54. The van der Waals surface area contributed by atoms with Crippen LogP contribution in [0.2, 0.25) is 0 Å². The minimum atomic E-state index is -3.18. The monoisotopic (exact) mass is 234 g/mol. The normalized spacial score (nSPS) is 18.9. The lowest BCUT2D eigenvalue weighted by atomic mass is 10.4. The summed E-state index contributed by atoms with van der Waals surface area (Å²) in [6.45, 7) is 1.04. The lowest BCUT2D eigenvalue weighted by Gasteiger charge is -2.08. The average Bonchev–Trinajstić information content (AvgIpc) is 2.73. The first-order chi connectivity index (χ1) is 6.59. The topological polar surface area (TPSA) is 52.6 Å². The van der Waals surface area contributed by atoms with Crippen molar-refractivity contribution < 1.29 is 17.9 Å². The van der Waals surface area contributed by atoms with Gasteiger partial charge in [0.25, 0.3) is 0 Å². The van der Waals surface area contributed by atoms with E-state index in [1.165, 1.54) is 17.6 Å². The fourth-order valence-electron chi connectivity index (χ4n) is 1.30. The highest BCUT2D eigenvalue weighted by Gasteiger charge is 2.26. The van der Waals surface area contributed by atoms with E-state index in [9.17, 15) is 8.42 Å². The Labute approximate surface area is 86.4 Å². The predicted molar refractivity (Wildman–Crippen MR) is 52.1 cm³/mol. The second-order valence-electron chi connectivity index (χ2n) is 2.99. The molecule has 0 aliphatic carbocycles. The van der Waals surface area contributed by atoms with Crippen LogP contribution < -0.4 is 0 Å². The molecule has 1 aromatic rings. The van der Waals surface area contributed by atoms with Gasteiger partial charge in [0.2, 0.25) is 0 Å². The molecule has 1 fully saturated rings. The van der Waals surface area contributed by atoms with Gasteiger partial charge in [-0.15, -0.1) is 11.3 Å². The van der Waals surface area contributed by atoms with Crippen molar-refractivity contribution >= 4 is 21.2 Å². The summed E-state index contributed by atoms with van der Waals surface area (Å²) < 4.78 is 33.2. The lowest BCUT2D eigenvalue weighted by Crippen LogP contribution is -2.03. The lowest BCUT2D eigenvalue weighted by molar-refractivity contribution is -0.0431. The molecule has 2 heterocycles. The van der Waals surface area contributed by atoms with E-state index in [4.69, 9.17) is 9.47 Å². The van der Waals surface area contributed by atoms with E-state index in [0.29, 0.717) is 23.0 Å². The maximum Gasteiger partial charge on any atom is 0.194 e. The third-order valence-corrected chi connectivity index (χ3v) is 4.12. The van der Waals surface area contributed by atoms with Crippen molar-refractivity contribution in [3.05, 3.63) is 16.3 Å². The van der Waals surface area contributed by atoms with Gasteiger partial charge in [0, 0.05) is 6.26 Å². The van der Waals surface area contributed by atoms with Crippen molar-refractivity contribution in [1.29, 1.82) is 0 Å². The first kappa shape index (κ1) is 10.1. The zero-order valence-electron chi connectivity index (χ0n) is 7.60. The summed E-state index contributed by atoms with van der Waals surface area (Å²) in [5.74, 6) is 0. The molecule has 1 aromatic heterocycles. The molecule has 2 rings (SSSR count). The van der Waals surface area contributed by atoms with E-state index < -0.39 is 16.1 Å². The Bertz CT molecular complexity index is 414. The van der Waals surface area contributed by atoms with E-state index in [0.717, 1.165) is 0 Å². The Morgan fingerprint density at radius 1 is 1.43 bits per heavy atom. The minimum absolute atomic E-state index is 0.314. The van der Waals surface area contributed by atoms with E-state index in [2.05, 4.69) is 0 Å². The van der Waals surface area contributed by atoms with E-state index in [1.807, 2.05) is 0 Å². The van der Waals surface area contributed by atoms with Crippen LogP contribution in [-0.4, -0.2) is 27.9 Å². The maximum absolute atomic E-state index is 11.4. The number of thiophene rings is 1. The highest BCUT2D eigenvalue weighted by atomic mass is 32.2. The van der Waals surface area contributed by atoms with Crippen LogP contribution in [0.1, 0.15) is 11.2 Å². The highest BCUT2D eigenvalue weighted by molar-refractivity contribution is 7.90. The van der Waals surface area contributed by atoms with Crippen molar-refractivity contribution in [2.24, 2.45) is 0 Å². The molecule has 0 bridgehead atoms. The molecule has 4 nitrogen and oxygen atoms in total. The summed E-state index contributed by atoms with van der Waals surface area (Å²) in [6, 6.07) is 1.58. The van der Waals surface area contributed by atoms with Crippen molar-refractivity contribution in [3.8, 4) is 0 Å². The second kappa shape index (κ2) is 3.62. The van der Waals surface area contributed by atoms with Crippen LogP contribution in [0, 0.1) is 0 Å². The molecule has 0 spiro atoms. The van der Waals surface area contributed by atoms with Crippen LogP contribution in [0.4, 0.5) is 0 Å². The molecule has 6 heteroatoms. The maximum atomic E-state index is 11.4. The first-order valence-electron chi connectivity index (χ1n) is 4.09. The molecular weight excluding hydrogens is 224 g/mol. The van der Waals surface area contributed by atoms with Crippen LogP contribution in [0.5, 0.6) is 0 Å². The predicted octanol–water partition coefficient (Wildman–Crippen LogP) is 1.20. The third-order valence-electron chi connectivity index (χ3n) is 1.89. The molecule has 1 aliphatic rings. The molecule has 78 valence electrons. The van der Waals surface area contributed by atoms with Crippen molar-refractivity contribution in [2.75, 3.05) is 19.5 Å². The molecule has 0 unspecified atom stereocenters. The van der Waals surface area contributed by atoms with Gasteiger partial charge in [0.15, 0.2) is 16.1 Å². The first-order valence-corrected chi connectivity index (χ1v) is 6.87. The molecule has 1 saturated heterocycles. The highest BCUT2D eigenvalue weighted by Crippen LogP contribution is 2.33. The van der Waals surface area contributed by atoms with Crippen LogP contribution in [-0.2, 0) is 19.3 Å². The minimum Gasteiger partial charge on any atom is -0.345 e. The molecule has 0 radical (unpaired) electrons. The van der Waals surface area contributed by atoms with Crippen molar-refractivity contribution in [3.63, 3.8) is 0 Å². The fraction of sp³-hybridized carbons (Fsp3) is 0.500. The Hall–Kier alpha value is -0.430. The van der Waals surface area contributed by atoms with Gasteiger partial charge in [-0.3, -0.25) is 0 Å². The summed E-state index contributed by atoms with van der Waals surface area (Å²) in [5, 5.41) is 1.73. The SMILES string of the molecule is CS(=O)(=O)c1ccsc1C1OCCO1. The second-order valence-corrected chi connectivity index (χ2v) is 5.93. The van der Waals surface area contributed by atoms with Gasteiger partial charge in [-0.2, -0.15) is 0 Å². The zero-order valence-corrected chi connectivity index (χ0v) is 9.23. The number of ether oxygens (including phenoxy) is 2. The summed E-state index contributed by atoms with van der Waals surface area (Å²) in [5.41, 5.74) is 0. The van der Waals surface area contributed by atoms with Crippen LogP contribution in [0.3, 0.4) is 0 Å². The molecule has 0 amide bonds. The number of hydrogen-bond donors (Lipinski definition) is 0. The largest absolute Gasteiger partial charge is 0.345 e. The van der Waals surface area contributed by atoms with Crippen LogP contribution >= 0.6 is 11.3 Å². The van der Waals surface area contributed by atoms with E-state index in [-0.39, 0.29) is 0 Å². The van der Waals surface area contributed by atoms with Crippen LogP contribution in [0.25, 0.3) is 0 Å². The Morgan fingerprint density at radius 3 is 2.64 bits per heavy atom. The van der Waals surface area contributed by atoms with Gasteiger partial charge in [-0.1, -0.05) is 0 Å². The average molecular weight is 234 g/mol. The molecule has 0 saturated carbocycles. The van der Waals surface area contributed by atoms with Crippen molar-refractivity contribution in [2.45, 2.75) is 11.2 Å². The van der Waals surface area contributed by atoms with E-state index >= 15 is 0 Å². The molecular formula is C8H10O4S2. The van der Waals surface area contributed by atoms with Gasteiger partial charge < -0.3 is 9.47 Å². The van der Waals surface area contributed by atoms with Gasteiger partial charge in [0.05, 0.1) is 23.0 Å². The molecule has 0 atom stereocenters. The van der Waals surface area contributed by atoms with Gasteiger partial charge >= 0.3 is 0 Å². The molecule has 0 N–H and O–H groups in total. The third kappa shape index (κ3) is 1.83. The quantitative estimate of drug-likeness (QED) is 0.771. The standard InChI is InChI=1S/C8H10O4S2/c1-14(9,10)6-2-5-13-7(6)8-11-3-4-12-8/h2,5,8H,3-4H2,1H3. The summed E-state index contributed by atoms with van der Waals surface area (Å²) in [7, 11) is -3.18. The summed E-state index contributed by atoms with van der Waals surface area (Å²) in [4.78, 5) is 0.958.